The van der Waals surface area contributed by atoms with Gasteiger partial charge in [-0.3, -0.25) is 9.59 Å². The molecule has 0 amide bonds. The number of aliphatic carboxylic acids is 3. The van der Waals surface area contributed by atoms with E-state index in [0.29, 0.717) is 19.3 Å². The van der Waals surface area contributed by atoms with Crippen LogP contribution < -0.4 is 5.11 Å². The summed E-state index contributed by atoms with van der Waals surface area (Å²) >= 11 is 0. The molecule has 0 spiro atoms. The van der Waals surface area contributed by atoms with Gasteiger partial charge >= 0.3 is 11.9 Å². The molecule has 0 aromatic rings. The fraction of sp³-hybridized carbons (Fsp3) is 0.865. The van der Waals surface area contributed by atoms with Crippen LogP contribution in [0.4, 0.5) is 0 Å². The number of hydrogen-bond acceptors (Lipinski definition) is 4. The third kappa shape index (κ3) is 30.1. The van der Waals surface area contributed by atoms with Gasteiger partial charge in [-0.1, -0.05) is 96.1 Å². The molecule has 0 saturated heterocycles. The quantitative estimate of drug-likeness (QED) is 0.0414. The Morgan fingerprint density at radius 2 is 0.795 bits per heavy atom. The van der Waals surface area contributed by atoms with E-state index in [1.807, 2.05) is 0 Å². The van der Waals surface area contributed by atoms with Crippen LogP contribution in [0.25, 0.3) is 0 Å². The predicted octanol–water partition coefficient (Wildman–Crippen LogP) is 8.83. The van der Waals surface area contributed by atoms with Crippen LogP contribution in [0.3, 0.4) is 0 Å². The Bertz CT molecular complexity index is 668. The van der Waals surface area contributed by atoms with Gasteiger partial charge in [0.1, 0.15) is 0 Å². The number of quaternary nitrogens is 1. The molecule has 0 heterocycles. The number of carboxylic acid groups (broad SMARTS) is 3. The Labute approximate surface area is 270 Å². The maximum Gasteiger partial charge on any atom is 0.303 e. The van der Waals surface area contributed by atoms with Gasteiger partial charge in [0.2, 0.25) is 0 Å². The molecule has 7 heteroatoms. The molecule has 0 unspecified atom stereocenters. The largest absolute Gasteiger partial charge is 0.550 e. The molecule has 7 nitrogen and oxygen atoms in total. The number of carbonyl (C=O) groups excluding carboxylic acids is 1. The van der Waals surface area contributed by atoms with Crippen LogP contribution in [0.15, 0.2) is 12.2 Å². The highest BCUT2D eigenvalue weighted by Crippen LogP contribution is 2.20. The van der Waals surface area contributed by atoms with Gasteiger partial charge in [-0.05, 0) is 83.5 Å². The van der Waals surface area contributed by atoms with Crippen LogP contribution in [-0.4, -0.2) is 58.8 Å². The van der Waals surface area contributed by atoms with E-state index in [-0.39, 0.29) is 19.3 Å². The van der Waals surface area contributed by atoms with Crippen LogP contribution in [0, 0.1) is 0 Å². The fourth-order valence-electron chi connectivity index (χ4n) is 6.24. The maximum atomic E-state index is 11.0. The Kier molecular flexibility index (Phi) is 29.8. The lowest BCUT2D eigenvalue weighted by molar-refractivity contribution is -0.929. The third-order valence-electron chi connectivity index (χ3n) is 8.95. The highest BCUT2D eigenvalue weighted by Gasteiger charge is 2.26. The van der Waals surface area contributed by atoms with Gasteiger partial charge in [0, 0.05) is 18.8 Å². The van der Waals surface area contributed by atoms with Crippen LogP contribution in [0.5, 0.6) is 0 Å². The summed E-state index contributed by atoms with van der Waals surface area (Å²) in [6.45, 7) is 5.88. The van der Waals surface area contributed by atoms with Crippen LogP contribution in [0.1, 0.15) is 180 Å². The number of unbranched alkanes of at least 4 members (excludes halogenated alkanes) is 19. The maximum absolute atomic E-state index is 11.0. The van der Waals surface area contributed by atoms with Gasteiger partial charge < -0.3 is 24.6 Å². The molecule has 0 atom stereocenters. The molecule has 0 rings (SSSR count). The highest BCUT2D eigenvalue weighted by molar-refractivity contribution is 5.66. The first-order chi connectivity index (χ1) is 21.3. The van der Waals surface area contributed by atoms with Crippen molar-refractivity contribution in [1.82, 2.24) is 0 Å². The average Bonchev–Trinajstić information content (AvgIpc) is 2.98. The highest BCUT2D eigenvalue weighted by atomic mass is 16.4. The van der Waals surface area contributed by atoms with Gasteiger partial charge in [0.25, 0.3) is 0 Å². The minimum absolute atomic E-state index is 0.0644. The standard InChI is InChI=1S/C37H69NO6/c1-2-3-4-5-6-7-8-9-10-11-12-13-14-15-16-17-18-19-20-24-31-38(32-25-21-28-35(39)40,33-26-22-29-36(41)42)34-27-23-30-37(43)44/h7-8H,2-6,9-34H2,1H3,(H2-,39,40,41,42,43,44)/b8-7+. The van der Waals surface area contributed by atoms with Gasteiger partial charge in [-0.15, -0.1) is 0 Å². The van der Waals surface area contributed by atoms with E-state index in [4.69, 9.17) is 10.2 Å². The number of hydrogen-bond donors (Lipinski definition) is 2. The molecule has 0 aliphatic carbocycles. The number of carboxylic acids is 3. The van der Waals surface area contributed by atoms with Crippen LogP contribution in [0.2, 0.25) is 0 Å². The molecule has 0 aliphatic rings. The molecule has 0 aromatic heterocycles. The molecule has 0 aromatic carbocycles. The number of rotatable bonds is 35. The van der Waals surface area contributed by atoms with Crippen molar-refractivity contribution in [1.29, 1.82) is 0 Å². The van der Waals surface area contributed by atoms with E-state index in [1.54, 1.807) is 0 Å². The second kappa shape index (κ2) is 31.1. The first-order valence-electron chi connectivity index (χ1n) is 18.4. The molecule has 0 saturated carbocycles. The van der Waals surface area contributed by atoms with Crippen molar-refractivity contribution in [3.63, 3.8) is 0 Å². The normalized spacial score (nSPS) is 11.8. The molecule has 258 valence electrons. The Hall–Kier alpha value is -1.89. The van der Waals surface area contributed by atoms with Crippen molar-refractivity contribution in [2.45, 2.75) is 180 Å². The van der Waals surface area contributed by atoms with E-state index in [9.17, 15) is 19.5 Å². The smallest absolute Gasteiger partial charge is 0.303 e. The SMILES string of the molecule is CCCCCC/C=C/CCCCCCCCCCCCCC[N+](CCCCC(=O)[O-])(CCCCC(=O)O)CCCCC(=O)O. The van der Waals surface area contributed by atoms with Crippen molar-refractivity contribution in [3.05, 3.63) is 12.2 Å². The summed E-state index contributed by atoms with van der Waals surface area (Å²) in [5.41, 5.74) is 0. The second-order valence-corrected chi connectivity index (χ2v) is 13.1. The Balaban J connectivity index is 4.24. The van der Waals surface area contributed by atoms with E-state index in [2.05, 4.69) is 19.1 Å². The summed E-state index contributed by atoms with van der Waals surface area (Å²) < 4.78 is 0.849. The lowest BCUT2D eigenvalue weighted by atomic mass is 10.0. The van der Waals surface area contributed by atoms with Crippen LogP contribution >= 0.6 is 0 Å². The molecular formula is C37H69NO6. The van der Waals surface area contributed by atoms with Crippen molar-refractivity contribution < 1.29 is 34.2 Å². The van der Waals surface area contributed by atoms with Crippen molar-refractivity contribution in [2.75, 3.05) is 26.2 Å². The topological polar surface area (TPSA) is 115 Å². The summed E-state index contributed by atoms with van der Waals surface area (Å²) in [4.78, 5) is 32.9. The van der Waals surface area contributed by atoms with Crippen molar-refractivity contribution in [3.8, 4) is 0 Å². The molecule has 0 radical (unpaired) electrons. The fourth-order valence-corrected chi connectivity index (χ4v) is 6.24. The predicted molar refractivity (Wildman–Crippen MR) is 179 cm³/mol. The van der Waals surface area contributed by atoms with Gasteiger partial charge in [-0.25, -0.2) is 0 Å². The first kappa shape index (κ1) is 42.1. The third-order valence-corrected chi connectivity index (χ3v) is 8.95. The molecule has 0 aliphatic heterocycles. The Morgan fingerprint density at radius 1 is 0.477 bits per heavy atom. The molecule has 0 bridgehead atoms. The van der Waals surface area contributed by atoms with E-state index in [1.165, 1.54) is 109 Å². The van der Waals surface area contributed by atoms with Crippen molar-refractivity contribution >= 4 is 17.9 Å². The zero-order chi connectivity index (χ0) is 32.6. The van der Waals surface area contributed by atoms with Crippen LogP contribution in [-0.2, 0) is 14.4 Å². The summed E-state index contributed by atoms with van der Waals surface area (Å²) in [6.07, 6.45) is 32.9. The summed E-state index contributed by atoms with van der Waals surface area (Å²) in [5, 5.41) is 29.0. The summed E-state index contributed by atoms with van der Waals surface area (Å²) in [5.74, 6) is -2.56. The van der Waals surface area contributed by atoms with Gasteiger partial charge in [0.05, 0.1) is 26.2 Å². The van der Waals surface area contributed by atoms with E-state index < -0.39 is 17.9 Å². The first-order valence-corrected chi connectivity index (χ1v) is 18.4. The second-order valence-electron chi connectivity index (χ2n) is 13.1. The average molecular weight is 624 g/mol. The number of nitrogens with zero attached hydrogens (tertiary/aromatic N) is 1. The zero-order valence-electron chi connectivity index (χ0n) is 28.5. The number of allylic oxidation sites excluding steroid dienone is 2. The summed E-state index contributed by atoms with van der Waals surface area (Å²) in [7, 11) is 0. The van der Waals surface area contributed by atoms with E-state index >= 15 is 0 Å². The van der Waals surface area contributed by atoms with Gasteiger partial charge in [0.15, 0.2) is 0 Å². The molecular weight excluding hydrogens is 554 g/mol. The zero-order valence-corrected chi connectivity index (χ0v) is 28.5. The lowest BCUT2D eigenvalue weighted by Crippen LogP contribution is -2.51. The number of carbonyl (C=O) groups is 3. The molecule has 44 heavy (non-hydrogen) atoms. The lowest BCUT2D eigenvalue weighted by Gasteiger charge is -2.39. The summed E-state index contributed by atoms with van der Waals surface area (Å²) in [6, 6.07) is 0. The van der Waals surface area contributed by atoms with Gasteiger partial charge in [-0.2, -0.15) is 0 Å². The minimum atomic E-state index is -1.02. The minimum Gasteiger partial charge on any atom is -0.550 e. The Morgan fingerprint density at radius 3 is 1.16 bits per heavy atom. The van der Waals surface area contributed by atoms with Crippen molar-refractivity contribution in [2.24, 2.45) is 0 Å². The monoisotopic (exact) mass is 624 g/mol. The van der Waals surface area contributed by atoms with E-state index in [0.717, 1.165) is 56.3 Å². The molecule has 0 fully saturated rings. The molecule has 2 N–H and O–H groups in total.